The molecule has 0 saturated carbocycles. The van der Waals surface area contributed by atoms with Crippen LogP contribution in [0.1, 0.15) is 18.4 Å². The van der Waals surface area contributed by atoms with Crippen LogP contribution in [0.3, 0.4) is 0 Å². The number of fused-ring (bicyclic) bond motifs is 1. The van der Waals surface area contributed by atoms with Crippen LogP contribution in [-0.4, -0.2) is 23.9 Å². The third kappa shape index (κ3) is 2.06. The van der Waals surface area contributed by atoms with Crippen LogP contribution in [0.25, 0.3) is 10.2 Å². The molecule has 1 aliphatic heterocycles. The maximum absolute atomic E-state index is 12.3. The molecule has 94 valence electrons. The molecule has 0 spiro atoms. The summed E-state index contributed by atoms with van der Waals surface area (Å²) in [7, 11) is 0. The third-order valence-electron chi connectivity index (χ3n) is 3.69. The maximum atomic E-state index is 12.3. The molecule has 0 aliphatic carbocycles. The van der Waals surface area contributed by atoms with Gasteiger partial charge in [-0.1, -0.05) is 19.1 Å². The number of hydrogen-bond acceptors (Lipinski definition) is 4. The van der Waals surface area contributed by atoms with Crippen molar-refractivity contribution in [2.75, 3.05) is 13.1 Å². The van der Waals surface area contributed by atoms with E-state index in [1.807, 2.05) is 18.2 Å². The molecule has 2 aromatic rings. The molecular formula is C14H16N2OS. The zero-order chi connectivity index (χ0) is 12.6. The molecule has 0 bridgehead atoms. The lowest BCUT2D eigenvalue weighted by molar-refractivity contribution is -0.126. The van der Waals surface area contributed by atoms with Gasteiger partial charge in [0.15, 0.2) is 0 Å². The summed E-state index contributed by atoms with van der Waals surface area (Å²) in [6.07, 6.45) is 1.41. The first-order chi connectivity index (χ1) is 8.67. The van der Waals surface area contributed by atoms with Crippen LogP contribution in [-0.2, 0) is 11.2 Å². The summed E-state index contributed by atoms with van der Waals surface area (Å²) < 4.78 is 1.16. The number of nitrogens with zero attached hydrogens (tertiary/aromatic N) is 1. The van der Waals surface area contributed by atoms with Gasteiger partial charge in [-0.15, -0.1) is 11.3 Å². The molecule has 3 rings (SSSR count). The van der Waals surface area contributed by atoms with Crippen molar-refractivity contribution in [3.05, 3.63) is 29.3 Å². The molecule has 1 aromatic carbocycles. The summed E-state index contributed by atoms with van der Waals surface area (Å²) in [5.41, 5.74) is 0.803. The Balaban J connectivity index is 1.81. The van der Waals surface area contributed by atoms with Crippen molar-refractivity contribution in [3.8, 4) is 0 Å². The molecule has 0 radical (unpaired) electrons. The van der Waals surface area contributed by atoms with Gasteiger partial charge in [0, 0.05) is 12.0 Å². The Morgan fingerprint density at radius 1 is 1.50 bits per heavy atom. The Morgan fingerprint density at radius 2 is 2.33 bits per heavy atom. The van der Waals surface area contributed by atoms with E-state index in [2.05, 4.69) is 23.3 Å². The second-order valence-electron chi connectivity index (χ2n) is 5.16. The van der Waals surface area contributed by atoms with Crippen molar-refractivity contribution in [1.82, 2.24) is 10.3 Å². The number of hydrogen-bond donors (Lipinski definition) is 1. The second-order valence-corrected chi connectivity index (χ2v) is 6.28. The van der Waals surface area contributed by atoms with Crippen molar-refractivity contribution in [1.29, 1.82) is 0 Å². The Labute approximate surface area is 110 Å². The number of para-hydroxylation sites is 1. The van der Waals surface area contributed by atoms with E-state index >= 15 is 0 Å². The smallest absolute Gasteiger partial charge is 0.146 e. The number of ketones is 1. The highest BCUT2D eigenvalue weighted by Crippen LogP contribution is 2.29. The molecule has 1 N–H and O–H groups in total. The summed E-state index contributed by atoms with van der Waals surface area (Å²) in [6, 6.07) is 8.04. The topological polar surface area (TPSA) is 42.0 Å². The van der Waals surface area contributed by atoms with Gasteiger partial charge in [0.25, 0.3) is 0 Å². The number of benzene rings is 1. The van der Waals surface area contributed by atoms with Crippen molar-refractivity contribution in [3.63, 3.8) is 0 Å². The van der Waals surface area contributed by atoms with E-state index in [1.165, 1.54) is 0 Å². The van der Waals surface area contributed by atoms with Crippen LogP contribution in [0.4, 0.5) is 0 Å². The fourth-order valence-electron chi connectivity index (χ4n) is 2.40. The number of Topliss-reactive ketones (excluding diaryl/α,β-unsaturated/α-hetero) is 1. The maximum Gasteiger partial charge on any atom is 0.146 e. The molecule has 18 heavy (non-hydrogen) atoms. The minimum atomic E-state index is -0.197. The van der Waals surface area contributed by atoms with Crippen LogP contribution in [0.5, 0.6) is 0 Å². The monoisotopic (exact) mass is 260 g/mol. The normalized spacial score (nSPS) is 23.6. The molecule has 4 heteroatoms. The van der Waals surface area contributed by atoms with Gasteiger partial charge >= 0.3 is 0 Å². The molecule has 1 aliphatic rings. The number of thiazole rings is 1. The lowest BCUT2D eigenvalue weighted by atomic mass is 9.83. The number of nitrogens with one attached hydrogen (secondary N) is 1. The number of aromatic nitrogens is 1. The predicted molar refractivity (Wildman–Crippen MR) is 73.9 cm³/mol. The highest BCUT2D eigenvalue weighted by Gasteiger charge is 2.36. The van der Waals surface area contributed by atoms with Crippen LogP contribution < -0.4 is 5.32 Å². The molecular weight excluding hydrogens is 244 g/mol. The minimum Gasteiger partial charge on any atom is -0.316 e. The summed E-state index contributed by atoms with van der Waals surface area (Å²) in [4.78, 5) is 16.9. The Hall–Kier alpha value is -1.26. The second kappa shape index (κ2) is 4.44. The SMILES string of the molecule is CC1(C(=O)Cc2nc3ccccc3s2)CCNC1. The predicted octanol–water partition coefficient (Wildman–Crippen LogP) is 2.41. The lowest BCUT2D eigenvalue weighted by Gasteiger charge is -2.19. The standard InChI is InChI=1S/C14H16N2OS/c1-14(6-7-15-9-14)12(17)8-13-16-10-4-2-3-5-11(10)18-13/h2-5,15H,6-9H2,1H3. The Kier molecular flexibility index (Phi) is 2.92. The van der Waals surface area contributed by atoms with E-state index in [9.17, 15) is 4.79 Å². The van der Waals surface area contributed by atoms with Crippen LogP contribution >= 0.6 is 11.3 Å². The van der Waals surface area contributed by atoms with E-state index < -0.39 is 0 Å². The van der Waals surface area contributed by atoms with Crippen LogP contribution in [0, 0.1) is 5.41 Å². The average Bonchev–Trinajstić information content (AvgIpc) is 2.95. The molecule has 3 nitrogen and oxygen atoms in total. The van der Waals surface area contributed by atoms with E-state index in [0.29, 0.717) is 12.2 Å². The molecule has 2 heterocycles. The molecule has 1 fully saturated rings. The van der Waals surface area contributed by atoms with Gasteiger partial charge in [-0.2, -0.15) is 0 Å². The van der Waals surface area contributed by atoms with Crippen LogP contribution in [0.15, 0.2) is 24.3 Å². The Bertz CT molecular complexity index is 551. The summed E-state index contributed by atoms with van der Waals surface area (Å²) >= 11 is 1.63. The van der Waals surface area contributed by atoms with Crippen molar-refractivity contribution >= 4 is 27.3 Å². The quantitative estimate of drug-likeness (QED) is 0.921. The average molecular weight is 260 g/mol. The van der Waals surface area contributed by atoms with Crippen molar-refractivity contribution in [2.24, 2.45) is 5.41 Å². The summed E-state index contributed by atoms with van der Waals surface area (Å²) in [6.45, 7) is 3.81. The molecule has 1 atom stereocenters. The third-order valence-corrected chi connectivity index (χ3v) is 4.73. The van der Waals surface area contributed by atoms with Crippen molar-refractivity contribution < 1.29 is 4.79 Å². The summed E-state index contributed by atoms with van der Waals surface area (Å²) in [5.74, 6) is 0.312. The van der Waals surface area contributed by atoms with E-state index in [-0.39, 0.29) is 5.41 Å². The zero-order valence-corrected chi connectivity index (χ0v) is 11.2. The van der Waals surface area contributed by atoms with E-state index in [1.54, 1.807) is 11.3 Å². The minimum absolute atomic E-state index is 0.197. The fraction of sp³-hybridized carbons (Fsp3) is 0.429. The van der Waals surface area contributed by atoms with Gasteiger partial charge in [-0.3, -0.25) is 4.79 Å². The highest BCUT2D eigenvalue weighted by molar-refractivity contribution is 7.18. The summed E-state index contributed by atoms with van der Waals surface area (Å²) in [5, 5.41) is 4.21. The highest BCUT2D eigenvalue weighted by atomic mass is 32.1. The largest absolute Gasteiger partial charge is 0.316 e. The first-order valence-corrected chi connectivity index (χ1v) is 7.07. The number of carbonyl (C=O) groups is 1. The van der Waals surface area contributed by atoms with Crippen molar-refractivity contribution in [2.45, 2.75) is 19.8 Å². The van der Waals surface area contributed by atoms with E-state index in [0.717, 1.165) is 34.7 Å². The van der Waals surface area contributed by atoms with Gasteiger partial charge in [-0.25, -0.2) is 4.98 Å². The number of rotatable bonds is 3. The van der Waals surface area contributed by atoms with Gasteiger partial charge in [0.1, 0.15) is 10.8 Å². The van der Waals surface area contributed by atoms with E-state index in [4.69, 9.17) is 0 Å². The molecule has 0 amide bonds. The van der Waals surface area contributed by atoms with Gasteiger partial charge in [-0.05, 0) is 25.1 Å². The Morgan fingerprint density at radius 3 is 3.06 bits per heavy atom. The lowest BCUT2D eigenvalue weighted by Crippen LogP contribution is -2.31. The molecule has 1 saturated heterocycles. The van der Waals surface area contributed by atoms with Gasteiger partial charge in [0.05, 0.1) is 16.6 Å². The first-order valence-electron chi connectivity index (χ1n) is 6.26. The number of carbonyl (C=O) groups excluding carboxylic acids is 1. The zero-order valence-electron chi connectivity index (χ0n) is 10.4. The first kappa shape index (κ1) is 11.8. The molecule has 1 unspecified atom stereocenters. The van der Waals surface area contributed by atoms with Gasteiger partial charge in [0.2, 0.25) is 0 Å². The molecule has 1 aromatic heterocycles. The van der Waals surface area contributed by atoms with Crippen LogP contribution in [0.2, 0.25) is 0 Å². The van der Waals surface area contributed by atoms with Gasteiger partial charge < -0.3 is 5.32 Å². The fourth-order valence-corrected chi connectivity index (χ4v) is 3.37.